The number of aryl methyl sites for hydroxylation is 1. The summed E-state index contributed by atoms with van der Waals surface area (Å²) < 4.78 is 11.0. The van der Waals surface area contributed by atoms with E-state index in [1.54, 1.807) is 31.2 Å². The molecule has 124 valence electrons. The van der Waals surface area contributed by atoms with Crippen LogP contribution in [0.4, 0.5) is 0 Å². The van der Waals surface area contributed by atoms with E-state index in [0.717, 1.165) is 5.39 Å². The fourth-order valence-electron chi connectivity index (χ4n) is 2.55. The Bertz CT molecular complexity index is 1140. The first-order valence-corrected chi connectivity index (χ1v) is 8.65. The Labute approximate surface area is 146 Å². The number of hydrogen-bond donors (Lipinski definition) is 0. The number of fused-ring (bicyclic) bond motifs is 3. The van der Waals surface area contributed by atoms with Gasteiger partial charge in [0.2, 0.25) is 0 Å². The average Bonchev–Trinajstić information content (AvgIpc) is 3.05. The molecule has 0 saturated heterocycles. The summed E-state index contributed by atoms with van der Waals surface area (Å²) >= 11 is 1.22. The van der Waals surface area contributed by atoms with E-state index in [2.05, 4.69) is 4.98 Å². The van der Waals surface area contributed by atoms with E-state index in [9.17, 15) is 9.59 Å². The molecule has 2 heterocycles. The third-order valence-corrected chi connectivity index (χ3v) is 4.66. The van der Waals surface area contributed by atoms with Crippen LogP contribution in [0.1, 0.15) is 15.9 Å². The molecule has 6 heteroatoms. The lowest BCUT2D eigenvalue weighted by molar-refractivity contribution is 0.102. The summed E-state index contributed by atoms with van der Waals surface area (Å²) in [7, 11) is 0. The second kappa shape index (κ2) is 6.22. The summed E-state index contributed by atoms with van der Waals surface area (Å²) in [5, 5.41) is 1.16. The molecule has 25 heavy (non-hydrogen) atoms. The molecular weight excluding hydrogens is 338 g/mol. The number of carbonyl (C=O) groups excluding carboxylic acids is 1. The van der Waals surface area contributed by atoms with Gasteiger partial charge in [0.1, 0.15) is 0 Å². The van der Waals surface area contributed by atoms with E-state index >= 15 is 0 Å². The highest BCUT2D eigenvalue weighted by molar-refractivity contribution is 7.99. The number of thioether (sulfide) groups is 1. The first-order chi connectivity index (χ1) is 12.1. The van der Waals surface area contributed by atoms with Crippen molar-refractivity contribution in [3.63, 3.8) is 0 Å². The van der Waals surface area contributed by atoms with Gasteiger partial charge in [0.25, 0.3) is 5.22 Å². The van der Waals surface area contributed by atoms with E-state index in [-0.39, 0.29) is 11.5 Å². The lowest BCUT2D eigenvalue weighted by Crippen LogP contribution is -2.02. The molecule has 0 bridgehead atoms. The lowest BCUT2D eigenvalue weighted by Gasteiger charge is -1.97. The zero-order chi connectivity index (χ0) is 17.4. The Morgan fingerprint density at radius 2 is 1.92 bits per heavy atom. The molecule has 4 aromatic rings. The van der Waals surface area contributed by atoms with Gasteiger partial charge in [0.15, 0.2) is 22.5 Å². The standard InChI is InChI=1S/C19H13NO4S/c1-11-9-13-7-8-15-16(17(13)24-18(11)22)20-19(23-15)25-10-14(21)12-5-3-2-4-6-12/h2-9H,10H2,1H3. The highest BCUT2D eigenvalue weighted by atomic mass is 32.2. The van der Waals surface area contributed by atoms with Crippen LogP contribution in [0.25, 0.3) is 22.1 Å². The largest absolute Gasteiger partial charge is 0.431 e. The van der Waals surface area contributed by atoms with Crippen molar-refractivity contribution in [1.29, 1.82) is 0 Å². The molecule has 0 amide bonds. The third kappa shape index (κ3) is 2.96. The van der Waals surface area contributed by atoms with Gasteiger partial charge in [0, 0.05) is 16.5 Å². The molecule has 0 aliphatic rings. The van der Waals surface area contributed by atoms with Gasteiger partial charge in [-0.15, -0.1) is 0 Å². The number of rotatable bonds is 4. The molecule has 0 atom stereocenters. The lowest BCUT2D eigenvalue weighted by atomic mass is 10.2. The Hall–Kier alpha value is -2.86. The van der Waals surface area contributed by atoms with Gasteiger partial charge in [-0.05, 0) is 25.1 Å². The minimum Gasteiger partial charge on any atom is -0.431 e. The Morgan fingerprint density at radius 3 is 2.72 bits per heavy atom. The van der Waals surface area contributed by atoms with Gasteiger partial charge in [-0.25, -0.2) is 4.79 Å². The molecule has 4 rings (SSSR count). The quantitative estimate of drug-likeness (QED) is 0.311. The van der Waals surface area contributed by atoms with Crippen LogP contribution in [0.2, 0.25) is 0 Å². The molecule has 0 radical (unpaired) electrons. The number of oxazole rings is 1. The number of benzene rings is 2. The monoisotopic (exact) mass is 351 g/mol. The maximum absolute atomic E-state index is 12.2. The van der Waals surface area contributed by atoms with E-state index in [0.29, 0.717) is 33.0 Å². The fraction of sp³-hybridized carbons (Fsp3) is 0.105. The predicted molar refractivity (Wildman–Crippen MR) is 96.3 cm³/mol. The first-order valence-electron chi connectivity index (χ1n) is 7.67. The van der Waals surface area contributed by atoms with Crippen LogP contribution < -0.4 is 5.63 Å². The summed E-state index contributed by atoms with van der Waals surface area (Å²) in [6, 6.07) is 14.4. The van der Waals surface area contributed by atoms with E-state index in [1.165, 1.54) is 11.8 Å². The zero-order valence-corrected chi connectivity index (χ0v) is 14.1. The molecule has 2 aromatic heterocycles. The molecule has 5 nitrogen and oxygen atoms in total. The molecule has 0 aliphatic carbocycles. The Morgan fingerprint density at radius 1 is 1.12 bits per heavy atom. The van der Waals surface area contributed by atoms with Crippen molar-refractivity contribution in [2.45, 2.75) is 12.1 Å². The minimum atomic E-state index is -0.392. The third-order valence-electron chi connectivity index (χ3n) is 3.84. The van der Waals surface area contributed by atoms with E-state index in [4.69, 9.17) is 8.83 Å². The topological polar surface area (TPSA) is 73.3 Å². The minimum absolute atomic E-state index is 0.000120. The predicted octanol–water partition coefficient (Wildman–Crippen LogP) is 4.22. The van der Waals surface area contributed by atoms with Crippen LogP contribution in [0.15, 0.2) is 67.4 Å². The second-order valence-corrected chi connectivity index (χ2v) is 6.53. The van der Waals surface area contributed by atoms with Crippen molar-refractivity contribution in [3.05, 3.63) is 70.1 Å². The van der Waals surface area contributed by atoms with Crippen LogP contribution in [-0.2, 0) is 0 Å². The van der Waals surface area contributed by atoms with Crippen LogP contribution in [0.5, 0.6) is 0 Å². The van der Waals surface area contributed by atoms with Gasteiger partial charge < -0.3 is 8.83 Å². The molecule has 0 fully saturated rings. The normalized spacial score (nSPS) is 11.2. The molecule has 0 unspecified atom stereocenters. The van der Waals surface area contributed by atoms with Crippen molar-refractivity contribution in [2.75, 3.05) is 5.75 Å². The molecule has 0 aliphatic heterocycles. The van der Waals surface area contributed by atoms with Gasteiger partial charge in [-0.3, -0.25) is 4.79 Å². The second-order valence-electron chi connectivity index (χ2n) is 5.61. The average molecular weight is 351 g/mol. The van der Waals surface area contributed by atoms with E-state index in [1.807, 2.05) is 24.3 Å². The highest BCUT2D eigenvalue weighted by Gasteiger charge is 2.14. The van der Waals surface area contributed by atoms with Crippen molar-refractivity contribution >= 4 is 39.6 Å². The molecule has 0 saturated carbocycles. The SMILES string of the molecule is Cc1cc2ccc3oc(SCC(=O)c4ccccc4)nc3c2oc1=O. The molecule has 0 N–H and O–H groups in total. The molecule has 2 aromatic carbocycles. The van der Waals surface area contributed by atoms with Gasteiger partial charge in [-0.1, -0.05) is 42.1 Å². The van der Waals surface area contributed by atoms with Gasteiger partial charge in [0.05, 0.1) is 5.75 Å². The molecule has 0 spiro atoms. The summed E-state index contributed by atoms with van der Waals surface area (Å²) in [6.45, 7) is 1.70. The number of hydrogen-bond acceptors (Lipinski definition) is 6. The maximum Gasteiger partial charge on any atom is 0.339 e. The Kier molecular flexibility index (Phi) is 3.89. The number of aromatic nitrogens is 1. The van der Waals surface area contributed by atoms with Crippen molar-refractivity contribution in [2.24, 2.45) is 0 Å². The number of Topliss-reactive ketones (excluding diaryl/α,β-unsaturated/α-hetero) is 1. The van der Waals surface area contributed by atoms with Crippen LogP contribution >= 0.6 is 11.8 Å². The van der Waals surface area contributed by atoms with Crippen LogP contribution in [0.3, 0.4) is 0 Å². The first kappa shape index (κ1) is 15.7. The number of ketones is 1. The van der Waals surface area contributed by atoms with Crippen molar-refractivity contribution < 1.29 is 13.6 Å². The van der Waals surface area contributed by atoms with E-state index < -0.39 is 5.63 Å². The number of nitrogens with zero attached hydrogens (tertiary/aromatic N) is 1. The zero-order valence-electron chi connectivity index (χ0n) is 13.3. The maximum atomic E-state index is 12.2. The van der Waals surface area contributed by atoms with Crippen molar-refractivity contribution in [3.8, 4) is 0 Å². The summed E-state index contributed by atoms with van der Waals surface area (Å²) in [5.41, 5.74) is 2.21. The highest BCUT2D eigenvalue weighted by Crippen LogP contribution is 2.29. The van der Waals surface area contributed by atoms with Crippen molar-refractivity contribution in [1.82, 2.24) is 4.98 Å². The Balaban J connectivity index is 1.65. The summed E-state index contributed by atoms with van der Waals surface area (Å²) in [4.78, 5) is 28.3. The van der Waals surface area contributed by atoms with Crippen LogP contribution in [0, 0.1) is 6.92 Å². The van der Waals surface area contributed by atoms with Gasteiger partial charge in [-0.2, -0.15) is 4.98 Å². The smallest absolute Gasteiger partial charge is 0.339 e. The summed E-state index contributed by atoms with van der Waals surface area (Å²) in [5.74, 6) is 0.220. The van der Waals surface area contributed by atoms with Gasteiger partial charge >= 0.3 is 5.63 Å². The number of carbonyl (C=O) groups is 1. The summed E-state index contributed by atoms with van der Waals surface area (Å²) in [6.07, 6.45) is 0. The fourth-order valence-corrected chi connectivity index (χ4v) is 3.27. The van der Waals surface area contributed by atoms with Crippen LogP contribution in [-0.4, -0.2) is 16.5 Å². The molecular formula is C19H13NO4S.